The molecular weight excluding hydrogens is 374 g/mol. The molecule has 2 aromatic heterocycles. The van der Waals surface area contributed by atoms with Crippen LogP contribution in [-0.4, -0.2) is 16.1 Å². The molecule has 23 heavy (non-hydrogen) atoms. The van der Waals surface area contributed by atoms with Crippen molar-refractivity contribution in [3.05, 3.63) is 64.6 Å². The first-order chi connectivity index (χ1) is 11.1. The lowest BCUT2D eigenvalue weighted by atomic mass is 10.1. The number of aromatic nitrogens is 1. The third kappa shape index (κ3) is 2.52. The summed E-state index contributed by atoms with van der Waals surface area (Å²) >= 11 is 5.00. The van der Waals surface area contributed by atoms with E-state index in [1.165, 1.54) is 0 Å². The Hall–Kier alpha value is -2.24. The van der Waals surface area contributed by atoms with E-state index in [1.807, 2.05) is 30.3 Å². The lowest BCUT2D eigenvalue weighted by Crippen LogP contribution is -2.00. The summed E-state index contributed by atoms with van der Waals surface area (Å²) in [5.74, 6) is -0.946. The number of carbonyl (C=O) groups is 1. The van der Waals surface area contributed by atoms with Crippen molar-refractivity contribution in [2.45, 2.75) is 0 Å². The number of thiophene rings is 1. The Morgan fingerprint density at radius 3 is 2.70 bits per heavy atom. The molecule has 0 saturated heterocycles. The minimum Gasteiger partial charge on any atom is -0.478 e. The van der Waals surface area contributed by atoms with Gasteiger partial charge in [-0.05, 0) is 41.8 Å². The molecule has 0 aliphatic heterocycles. The van der Waals surface area contributed by atoms with Crippen molar-refractivity contribution in [2.75, 3.05) is 0 Å². The smallest absolute Gasteiger partial charge is 0.336 e. The van der Waals surface area contributed by atoms with Crippen molar-refractivity contribution >= 4 is 54.2 Å². The maximum atomic E-state index is 11.6. The predicted octanol–water partition coefficient (Wildman–Crippen LogP) is 5.58. The summed E-state index contributed by atoms with van der Waals surface area (Å²) in [6.45, 7) is 0. The van der Waals surface area contributed by atoms with Crippen LogP contribution in [0.5, 0.6) is 0 Å². The van der Waals surface area contributed by atoms with E-state index in [-0.39, 0.29) is 5.56 Å². The molecule has 0 radical (unpaired) electrons. The number of hydrogen-bond donors (Lipinski definition) is 1. The minimum atomic E-state index is -0.946. The van der Waals surface area contributed by atoms with Crippen LogP contribution in [0.25, 0.3) is 31.6 Å². The number of pyridine rings is 1. The van der Waals surface area contributed by atoms with Crippen molar-refractivity contribution < 1.29 is 9.90 Å². The van der Waals surface area contributed by atoms with Gasteiger partial charge in [-0.1, -0.05) is 34.1 Å². The van der Waals surface area contributed by atoms with Gasteiger partial charge in [-0.25, -0.2) is 9.78 Å². The molecule has 0 unspecified atom stereocenters. The van der Waals surface area contributed by atoms with Gasteiger partial charge in [0.25, 0.3) is 0 Å². The SMILES string of the molecule is O=C(O)c1cc(-c2cc3ccccc3s2)nc2ccc(Br)cc12. The lowest BCUT2D eigenvalue weighted by molar-refractivity contribution is 0.0699. The number of carboxylic acids is 1. The predicted molar refractivity (Wildman–Crippen MR) is 97.2 cm³/mol. The molecule has 0 spiro atoms. The highest BCUT2D eigenvalue weighted by Gasteiger charge is 2.14. The molecule has 0 amide bonds. The third-order valence-electron chi connectivity index (χ3n) is 3.68. The Labute approximate surface area is 144 Å². The zero-order chi connectivity index (χ0) is 16.0. The normalized spacial score (nSPS) is 11.2. The highest BCUT2D eigenvalue weighted by molar-refractivity contribution is 9.10. The number of nitrogens with zero attached hydrogens (tertiary/aromatic N) is 1. The molecule has 0 aliphatic rings. The van der Waals surface area contributed by atoms with E-state index < -0.39 is 5.97 Å². The van der Waals surface area contributed by atoms with Gasteiger partial charge in [-0.2, -0.15) is 0 Å². The van der Waals surface area contributed by atoms with Crippen LogP contribution in [-0.2, 0) is 0 Å². The molecule has 0 atom stereocenters. The second kappa shape index (κ2) is 5.44. The van der Waals surface area contributed by atoms with Gasteiger partial charge in [0.15, 0.2) is 0 Å². The summed E-state index contributed by atoms with van der Waals surface area (Å²) in [6, 6.07) is 17.3. The van der Waals surface area contributed by atoms with E-state index in [1.54, 1.807) is 23.5 Å². The van der Waals surface area contributed by atoms with Gasteiger partial charge >= 0.3 is 5.97 Å². The number of hydrogen-bond acceptors (Lipinski definition) is 3. The first-order valence-corrected chi connectivity index (χ1v) is 8.55. The lowest BCUT2D eigenvalue weighted by Gasteiger charge is -2.06. The van der Waals surface area contributed by atoms with Crippen LogP contribution in [0.2, 0.25) is 0 Å². The van der Waals surface area contributed by atoms with Crippen LogP contribution in [0, 0.1) is 0 Å². The standard InChI is InChI=1S/C18H10BrNO2S/c19-11-5-6-14-12(8-11)13(18(21)22)9-15(20-14)17-7-10-3-1-2-4-16(10)23-17/h1-9H,(H,21,22). The number of benzene rings is 2. The van der Waals surface area contributed by atoms with Crippen LogP contribution < -0.4 is 0 Å². The molecular formula is C18H10BrNO2S. The largest absolute Gasteiger partial charge is 0.478 e. The van der Waals surface area contributed by atoms with Crippen LogP contribution in [0.15, 0.2) is 59.1 Å². The van der Waals surface area contributed by atoms with E-state index in [0.29, 0.717) is 16.6 Å². The number of halogens is 1. The molecule has 1 N–H and O–H groups in total. The van der Waals surface area contributed by atoms with Crippen LogP contribution in [0.3, 0.4) is 0 Å². The van der Waals surface area contributed by atoms with E-state index in [2.05, 4.69) is 33.0 Å². The Kier molecular flexibility index (Phi) is 3.39. The van der Waals surface area contributed by atoms with Crippen molar-refractivity contribution in [1.82, 2.24) is 4.98 Å². The van der Waals surface area contributed by atoms with E-state index >= 15 is 0 Å². The van der Waals surface area contributed by atoms with Gasteiger partial charge < -0.3 is 5.11 Å². The molecule has 2 heterocycles. The number of fused-ring (bicyclic) bond motifs is 2. The fourth-order valence-corrected chi connectivity index (χ4v) is 3.99. The topological polar surface area (TPSA) is 50.2 Å². The first-order valence-electron chi connectivity index (χ1n) is 6.94. The molecule has 0 aliphatic carbocycles. The zero-order valence-electron chi connectivity index (χ0n) is 11.8. The van der Waals surface area contributed by atoms with Gasteiger partial charge in [-0.15, -0.1) is 11.3 Å². The summed E-state index contributed by atoms with van der Waals surface area (Å²) < 4.78 is 2.00. The quantitative estimate of drug-likeness (QED) is 0.491. The van der Waals surface area contributed by atoms with Gasteiger partial charge in [-0.3, -0.25) is 0 Å². The maximum Gasteiger partial charge on any atom is 0.336 e. The molecule has 0 bridgehead atoms. The number of carboxylic acid groups (broad SMARTS) is 1. The molecule has 4 rings (SSSR count). The summed E-state index contributed by atoms with van der Waals surface area (Å²) in [5, 5.41) is 11.3. The van der Waals surface area contributed by atoms with E-state index in [9.17, 15) is 9.90 Å². The van der Waals surface area contributed by atoms with E-state index in [4.69, 9.17) is 0 Å². The monoisotopic (exact) mass is 383 g/mol. The Morgan fingerprint density at radius 1 is 1.09 bits per heavy atom. The molecule has 112 valence electrons. The van der Waals surface area contributed by atoms with Crippen molar-refractivity contribution in [3.8, 4) is 10.6 Å². The van der Waals surface area contributed by atoms with Crippen LogP contribution in [0.4, 0.5) is 0 Å². The summed E-state index contributed by atoms with van der Waals surface area (Å²) in [6.07, 6.45) is 0. The van der Waals surface area contributed by atoms with Gasteiger partial charge in [0, 0.05) is 14.6 Å². The van der Waals surface area contributed by atoms with Crippen molar-refractivity contribution in [2.24, 2.45) is 0 Å². The zero-order valence-corrected chi connectivity index (χ0v) is 14.2. The third-order valence-corrected chi connectivity index (χ3v) is 5.31. The molecule has 3 nitrogen and oxygen atoms in total. The fraction of sp³-hybridized carbons (Fsp3) is 0. The summed E-state index contributed by atoms with van der Waals surface area (Å²) in [5.41, 5.74) is 1.64. The van der Waals surface area contributed by atoms with Crippen LogP contribution in [0.1, 0.15) is 10.4 Å². The van der Waals surface area contributed by atoms with Gasteiger partial charge in [0.05, 0.1) is 21.7 Å². The Bertz CT molecular complexity index is 1040. The average Bonchev–Trinajstić information content (AvgIpc) is 2.97. The maximum absolute atomic E-state index is 11.6. The highest BCUT2D eigenvalue weighted by atomic mass is 79.9. The molecule has 2 aromatic carbocycles. The Morgan fingerprint density at radius 2 is 1.91 bits per heavy atom. The van der Waals surface area contributed by atoms with Crippen molar-refractivity contribution in [3.63, 3.8) is 0 Å². The summed E-state index contributed by atoms with van der Waals surface area (Å²) in [4.78, 5) is 17.3. The van der Waals surface area contributed by atoms with Crippen molar-refractivity contribution in [1.29, 1.82) is 0 Å². The second-order valence-electron chi connectivity index (χ2n) is 5.17. The average molecular weight is 384 g/mol. The first kappa shape index (κ1) is 14.4. The minimum absolute atomic E-state index is 0.267. The molecule has 0 fully saturated rings. The molecule has 0 saturated carbocycles. The summed E-state index contributed by atoms with van der Waals surface area (Å²) in [7, 11) is 0. The number of rotatable bonds is 2. The van der Waals surface area contributed by atoms with Crippen LogP contribution >= 0.6 is 27.3 Å². The number of aromatic carboxylic acids is 1. The second-order valence-corrected chi connectivity index (χ2v) is 7.17. The van der Waals surface area contributed by atoms with Gasteiger partial charge in [0.2, 0.25) is 0 Å². The molecule has 5 heteroatoms. The van der Waals surface area contributed by atoms with E-state index in [0.717, 1.165) is 19.4 Å². The highest BCUT2D eigenvalue weighted by Crippen LogP contribution is 2.34. The van der Waals surface area contributed by atoms with Gasteiger partial charge in [0.1, 0.15) is 0 Å². The Balaban J connectivity index is 2.00. The fourth-order valence-electron chi connectivity index (χ4n) is 2.61. The molecule has 4 aromatic rings.